The Kier molecular flexibility index (Phi) is 7.31. The smallest absolute Gasteiger partial charge is 0.376 e. The van der Waals surface area contributed by atoms with Gasteiger partial charge in [-0.3, -0.25) is 0 Å². The monoisotopic (exact) mass is 471 g/mol. The van der Waals surface area contributed by atoms with Crippen molar-refractivity contribution >= 4 is 17.5 Å². The molecule has 1 aliphatic rings. The first-order chi connectivity index (χ1) is 16.3. The molecule has 0 amide bonds. The molecule has 1 unspecified atom stereocenters. The van der Waals surface area contributed by atoms with E-state index in [1.54, 1.807) is 6.20 Å². The molecule has 4 rings (SSSR count). The summed E-state index contributed by atoms with van der Waals surface area (Å²) in [4.78, 5) is 14.4. The third-order valence-electron chi connectivity index (χ3n) is 5.62. The molecule has 0 bridgehead atoms. The Morgan fingerprint density at radius 1 is 1.09 bits per heavy atom. The van der Waals surface area contributed by atoms with Crippen LogP contribution in [0.5, 0.6) is 0 Å². The number of nitrogens with zero attached hydrogens (tertiary/aromatic N) is 4. The fraction of sp³-hybridized carbons (Fsp3) is 0.400. The van der Waals surface area contributed by atoms with Crippen molar-refractivity contribution in [2.24, 2.45) is 0 Å². The first kappa shape index (κ1) is 23.9. The Labute approximate surface area is 197 Å². The predicted octanol–water partition coefficient (Wildman–Crippen LogP) is 6.00. The van der Waals surface area contributed by atoms with Gasteiger partial charge in [0.25, 0.3) is 0 Å². The molecule has 1 aliphatic heterocycles. The maximum absolute atomic E-state index is 13.0. The summed E-state index contributed by atoms with van der Waals surface area (Å²) < 4.78 is 44.9. The summed E-state index contributed by atoms with van der Waals surface area (Å²) >= 11 is 0. The number of hydrogen-bond acceptors (Lipinski definition) is 6. The van der Waals surface area contributed by atoms with E-state index in [-0.39, 0.29) is 12.1 Å². The number of hydrogen-bond donors (Lipinski definition) is 1. The fourth-order valence-corrected chi connectivity index (χ4v) is 4.07. The lowest BCUT2D eigenvalue weighted by Gasteiger charge is -2.33. The van der Waals surface area contributed by atoms with E-state index >= 15 is 0 Å². The van der Waals surface area contributed by atoms with Gasteiger partial charge in [0.2, 0.25) is 5.95 Å². The summed E-state index contributed by atoms with van der Waals surface area (Å²) in [6.07, 6.45) is 1.67. The molecule has 6 nitrogen and oxygen atoms in total. The number of rotatable bonds is 7. The zero-order chi connectivity index (χ0) is 24.1. The Hall–Kier alpha value is -3.20. The quantitative estimate of drug-likeness (QED) is 0.456. The summed E-state index contributed by atoms with van der Waals surface area (Å²) in [6, 6.07) is 10.6. The third-order valence-corrected chi connectivity index (χ3v) is 5.62. The van der Waals surface area contributed by atoms with Gasteiger partial charge in [-0.05, 0) is 73.2 Å². The average molecular weight is 472 g/mol. The van der Waals surface area contributed by atoms with Crippen LogP contribution in [-0.2, 0) is 10.9 Å². The van der Waals surface area contributed by atoms with Crippen molar-refractivity contribution in [2.75, 3.05) is 29.9 Å². The van der Waals surface area contributed by atoms with E-state index in [0.717, 1.165) is 73.7 Å². The van der Waals surface area contributed by atoms with Crippen LogP contribution in [0.3, 0.4) is 0 Å². The van der Waals surface area contributed by atoms with Crippen molar-refractivity contribution in [3.8, 4) is 11.1 Å². The van der Waals surface area contributed by atoms with Gasteiger partial charge in [0.05, 0.1) is 6.10 Å². The molecule has 0 saturated carbocycles. The molecule has 0 spiro atoms. The van der Waals surface area contributed by atoms with Crippen LogP contribution in [0, 0.1) is 6.92 Å². The summed E-state index contributed by atoms with van der Waals surface area (Å²) in [5, 5.41) is 2.91. The van der Waals surface area contributed by atoms with Crippen molar-refractivity contribution in [3.63, 3.8) is 0 Å². The van der Waals surface area contributed by atoms with E-state index in [1.807, 2.05) is 37.3 Å². The number of aryl methyl sites for hydroxylation is 1. The SMILES string of the molecule is CCCOC1CCCN(c2cc(-c3cc(C)cc(Nc4nccc(C(F)(F)F)n4)c3)ccn2)C1. The van der Waals surface area contributed by atoms with Crippen LogP contribution in [0.25, 0.3) is 11.1 Å². The van der Waals surface area contributed by atoms with Crippen molar-refractivity contribution in [1.29, 1.82) is 0 Å². The molecule has 1 aromatic carbocycles. The maximum atomic E-state index is 13.0. The molecule has 1 fully saturated rings. The Morgan fingerprint density at radius 2 is 1.91 bits per heavy atom. The van der Waals surface area contributed by atoms with Crippen molar-refractivity contribution in [1.82, 2.24) is 15.0 Å². The average Bonchev–Trinajstić information content (AvgIpc) is 2.82. The van der Waals surface area contributed by atoms with E-state index < -0.39 is 11.9 Å². The van der Waals surface area contributed by atoms with Gasteiger partial charge < -0.3 is 15.0 Å². The molecule has 1 saturated heterocycles. The Balaban J connectivity index is 1.55. The highest BCUT2D eigenvalue weighted by Gasteiger charge is 2.32. The molecule has 0 radical (unpaired) electrons. The lowest BCUT2D eigenvalue weighted by molar-refractivity contribution is -0.141. The van der Waals surface area contributed by atoms with Gasteiger partial charge in [0.15, 0.2) is 0 Å². The molecule has 1 N–H and O–H groups in total. The third kappa shape index (κ3) is 6.02. The maximum Gasteiger partial charge on any atom is 0.433 e. The van der Waals surface area contributed by atoms with Crippen LogP contribution in [0.15, 0.2) is 48.8 Å². The van der Waals surface area contributed by atoms with Gasteiger partial charge in [0, 0.05) is 37.8 Å². The molecular formula is C25H28F3N5O. The zero-order valence-corrected chi connectivity index (χ0v) is 19.3. The number of nitrogens with one attached hydrogen (secondary N) is 1. The van der Waals surface area contributed by atoms with Crippen LogP contribution in [0.2, 0.25) is 0 Å². The lowest BCUT2D eigenvalue weighted by atomic mass is 10.0. The largest absolute Gasteiger partial charge is 0.433 e. The van der Waals surface area contributed by atoms with Gasteiger partial charge in [-0.15, -0.1) is 0 Å². The van der Waals surface area contributed by atoms with Gasteiger partial charge in [-0.2, -0.15) is 13.2 Å². The summed E-state index contributed by atoms with van der Waals surface area (Å²) in [5.41, 5.74) is 2.47. The highest BCUT2D eigenvalue weighted by atomic mass is 19.4. The second kappa shape index (κ2) is 10.4. The molecule has 2 aromatic heterocycles. The second-order valence-corrected chi connectivity index (χ2v) is 8.46. The number of aromatic nitrogens is 3. The first-order valence-electron chi connectivity index (χ1n) is 11.4. The molecule has 3 aromatic rings. The van der Waals surface area contributed by atoms with E-state index in [1.165, 1.54) is 0 Å². The summed E-state index contributed by atoms with van der Waals surface area (Å²) in [7, 11) is 0. The Morgan fingerprint density at radius 3 is 2.71 bits per heavy atom. The van der Waals surface area contributed by atoms with Crippen LogP contribution >= 0.6 is 0 Å². The van der Waals surface area contributed by atoms with E-state index in [9.17, 15) is 13.2 Å². The fourth-order valence-electron chi connectivity index (χ4n) is 4.07. The zero-order valence-electron chi connectivity index (χ0n) is 19.3. The molecule has 3 heterocycles. The number of piperidine rings is 1. The van der Waals surface area contributed by atoms with Gasteiger partial charge in [0.1, 0.15) is 11.5 Å². The highest BCUT2D eigenvalue weighted by Crippen LogP contribution is 2.31. The second-order valence-electron chi connectivity index (χ2n) is 8.46. The van der Waals surface area contributed by atoms with Crippen LogP contribution < -0.4 is 10.2 Å². The Bertz CT molecular complexity index is 1120. The minimum atomic E-state index is -4.53. The van der Waals surface area contributed by atoms with E-state index in [4.69, 9.17) is 4.74 Å². The minimum Gasteiger partial charge on any atom is -0.376 e. The van der Waals surface area contributed by atoms with Crippen molar-refractivity contribution in [2.45, 2.75) is 45.4 Å². The molecule has 9 heteroatoms. The van der Waals surface area contributed by atoms with Crippen molar-refractivity contribution < 1.29 is 17.9 Å². The number of anilines is 3. The van der Waals surface area contributed by atoms with Gasteiger partial charge in [-0.1, -0.05) is 13.0 Å². The van der Waals surface area contributed by atoms with E-state index in [0.29, 0.717) is 5.69 Å². The highest BCUT2D eigenvalue weighted by molar-refractivity contribution is 5.72. The van der Waals surface area contributed by atoms with Crippen LogP contribution in [-0.4, -0.2) is 40.8 Å². The number of halogens is 3. The summed E-state index contributed by atoms with van der Waals surface area (Å²) in [6.45, 7) is 6.54. The summed E-state index contributed by atoms with van der Waals surface area (Å²) in [5.74, 6) is 0.785. The molecule has 180 valence electrons. The standard InChI is InChI=1S/C25H28F3N5O/c1-3-11-34-21-5-4-10-33(16-21)23-15-18(6-8-29-23)19-12-17(2)13-20(14-19)31-24-30-9-7-22(32-24)25(26,27)28/h6-9,12-15,21H,3-5,10-11,16H2,1-2H3,(H,30,31,32). The molecule has 0 aliphatic carbocycles. The minimum absolute atomic E-state index is 0.103. The van der Waals surface area contributed by atoms with Crippen molar-refractivity contribution in [3.05, 3.63) is 60.0 Å². The number of alkyl halides is 3. The topological polar surface area (TPSA) is 63.2 Å². The van der Waals surface area contributed by atoms with Crippen LogP contribution in [0.1, 0.15) is 37.4 Å². The molecule has 34 heavy (non-hydrogen) atoms. The van der Waals surface area contributed by atoms with Gasteiger partial charge in [-0.25, -0.2) is 15.0 Å². The number of ether oxygens (including phenoxy) is 1. The lowest BCUT2D eigenvalue weighted by Crippen LogP contribution is -2.40. The molecule has 1 atom stereocenters. The predicted molar refractivity (Wildman–Crippen MR) is 126 cm³/mol. The first-order valence-corrected chi connectivity index (χ1v) is 11.4. The van der Waals surface area contributed by atoms with Gasteiger partial charge >= 0.3 is 6.18 Å². The normalized spacial score (nSPS) is 16.5. The van der Waals surface area contributed by atoms with Crippen LogP contribution in [0.4, 0.5) is 30.6 Å². The number of benzene rings is 1. The molecular weight excluding hydrogens is 443 g/mol. The number of pyridine rings is 1. The van der Waals surface area contributed by atoms with E-state index in [2.05, 4.69) is 32.1 Å².